The molecule has 1 amide bonds. The smallest absolute Gasteiger partial charge is 0.227 e. The van der Waals surface area contributed by atoms with Crippen LogP contribution in [0.4, 0.5) is 0 Å². The van der Waals surface area contributed by atoms with Gasteiger partial charge in [-0.25, -0.2) is 0 Å². The summed E-state index contributed by atoms with van der Waals surface area (Å²) in [7, 11) is 0. The number of hydrogen-bond donors (Lipinski definition) is 2. The van der Waals surface area contributed by atoms with Gasteiger partial charge >= 0.3 is 0 Å². The van der Waals surface area contributed by atoms with Crippen LogP contribution in [0.2, 0.25) is 0 Å². The molecule has 2 rings (SSSR count). The second kappa shape index (κ2) is 8.03. The van der Waals surface area contributed by atoms with Gasteiger partial charge in [0.2, 0.25) is 5.91 Å². The molecule has 2 N–H and O–H groups in total. The van der Waals surface area contributed by atoms with E-state index in [4.69, 9.17) is 0 Å². The Morgan fingerprint density at radius 1 is 1.38 bits per heavy atom. The number of carbonyl (C=O) groups excluding carboxylic acids is 1. The third-order valence-electron chi connectivity index (χ3n) is 4.05. The van der Waals surface area contributed by atoms with Gasteiger partial charge in [-0.2, -0.15) is 0 Å². The Balaban J connectivity index is 1.94. The molecule has 0 aliphatic carbocycles. The van der Waals surface area contributed by atoms with Gasteiger partial charge in [0.15, 0.2) is 0 Å². The van der Waals surface area contributed by atoms with Crippen molar-refractivity contribution in [2.45, 2.75) is 32.6 Å². The van der Waals surface area contributed by atoms with E-state index in [1.54, 1.807) is 18.2 Å². The topological polar surface area (TPSA) is 52.6 Å². The molecular formula is C17H26N2O2. The fourth-order valence-electron chi connectivity index (χ4n) is 2.92. The first-order valence-corrected chi connectivity index (χ1v) is 7.95. The van der Waals surface area contributed by atoms with E-state index in [1.807, 2.05) is 11.0 Å². The molecular weight excluding hydrogens is 264 g/mol. The summed E-state index contributed by atoms with van der Waals surface area (Å²) in [5.74, 6) is 1.01. The van der Waals surface area contributed by atoms with Crippen molar-refractivity contribution < 1.29 is 9.90 Å². The van der Waals surface area contributed by atoms with E-state index in [-0.39, 0.29) is 11.7 Å². The average Bonchev–Trinajstić information content (AvgIpc) is 2.48. The van der Waals surface area contributed by atoms with Crippen molar-refractivity contribution in [2.24, 2.45) is 5.92 Å². The summed E-state index contributed by atoms with van der Waals surface area (Å²) in [6.45, 7) is 5.92. The molecule has 0 atom stereocenters. The molecule has 0 spiro atoms. The normalized spacial score (nSPS) is 15.9. The van der Waals surface area contributed by atoms with Gasteiger partial charge in [0.05, 0.1) is 6.42 Å². The summed E-state index contributed by atoms with van der Waals surface area (Å²) in [5.41, 5.74) is 0.881. The molecule has 1 saturated heterocycles. The Morgan fingerprint density at radius 2 is 2.14 bits per heavy atom. The van der Waals surface area contributed by atoms with Crippen LogP contribution < -0.4 is 5.32 Å². The third kappa shape index (κ3) is 5.05. The van der Waals surface area contributed by atoms with Crippen molar-refractivity contribution in [1.29, 1.82) is 0 Å². The molecule has 1 fully saturated rings. The van der Waals surface area contributed by atoms with Crippen LogP contribution in [0.5, 0.6) is 5.75 Å². The van der Waals surface area contributed by atoms with E-state index in [9.17, 15) is 9.90 Å². The zero-order chi connectivity index (χ0) is 15.1. The number of benzene rings is 1. The highest BCUT2D eigenvalue weighted by Gasteiger charge is 2.20. The molecule has 1 aromatic rings. The van der Waals surface area contributed by atoms with Gasteiger partial charge in [-0.3, -0.25) is 4.79 Å². The fourth-order valence-corrected chi connectivity index (χ4v) is 2.92. The first-order chi connectivity index (χ1) is 10.2. The average molecular weight is 290 g/mol. The van der Waals surface area contributed by atoms with Crippen LogP contribution in [-0.2, 0) is 11.2 Å². The highest BCUT2D eigenvalue weighted by molar-refractivity contribution is 5.78. The van der Waals surface area contributed by atoms with Crippen LogP contribution in [0.1, 0.15) is 31.7 Å². The van der Waals surface area contributed by atoms with Crippen molar-refractivity contribution in [3.05, 3.63) is 29.8 Å². The predicted octanol–water partition coefficient (Wildman–Crippen LogP) is 2.17. The molecule has 4 heteroatoms. The number of carbonyl (C=O) groups is 1. The molecule has 0 bridgehead atoms. The summed E-state index contributed by atoms with van der Waals surface area (Å²) in [6, 6.07) is 6.99. The Morgan fingerprint density at radius 3 is 2.81 bits per heavy atom. The molecule has 1 aliphatic rings. The maximum Gasteiger partial charge on any atom is 0.227 e. The highest BCUT2D eigenvalue weighted by atomic mass is 16.3. The molecule has 0 radical (unpaired) electrons. The number of rotatable bonds is 6. The first kappa shape index (κ1) is 15.8. The van der Waals surface area contributed by atoms with Gasteiger partial charge in [0, 0.05) is 13.1 Å². The molecule has 4 nitrogen and oxygen atoms in total. The van der Waals surface area contributed by atoms with Crippen LogP contribution in [0, 0.1) is 5.92 Å². The van der Waals surface area contributed by atoms with Crippen molar-refractivity contribution in [1.82, 2.24) is 10.2 Å². The van der Waals surface area contributed by atoms with Crippen LogP contribution >= 0.6 is 0 Å². The number of nitrogens with zero attached hydrogens (tertiary/aromatic N) is 1. The van der Waals surface area contributed by atoms with Crippen LogP contribution in [-0.4, -0.2) is 42.1 Å². The van der Waals surface area contributed by atoms with Crippen molar-refractivity contribution >= 4 is 5.91 Å². The number of amides is 1. The lowest BCUT2D eigenvalue weighted by Crippen LogP contribution is -2.40. The Labute approximate surface area is 127 Å². The first-order valence-electron chi connectivity index (χ1n) is 7.95. The predicted molar refractivity (Wildman–Crippen MR) is 84.3 cm³/mol. The number of nitrogens with one attached hydrogen (secondary N) is 1. The molecule has 0 unspecified atom stereocenters. The summed E-state index contributed by atoms with van der Waals surface area (Å²) >= 11 is 0. The number of hydrogen-bond acceptors (Lipinski definition) is 3. The maximum absolute atomic E-state index is 12.5. The number of aromatic hydroxyl groups is 1. The van der Waals surface area contributed by atoms with E-state index in [1.165, 1.54) is 0 Å². The minimum absolute atomic E-state index is 0.168. The Hall–Kier alpha value is -1.55. The fraction of sp³-hybridized carbons (Fsp3) is 0.588. The summed E-state index contributed by atoms with van der Waals surface area (Å²) in [6.07, 6.45) is 3.66. The van der Waals surface area contributed by atoms with E-state index < -0.39 is 0 Å². The van der Waals surface area contributed by atoms with Gasteiger partial charge < -0.3 is 15.3 Å². The van der Waals surface area contributed by atoms with Crippen molar-refractivity contribution in [3.8, 4) is 5.75 Å². The molecule has 116 valence electrons. The van der Waals surface area contributed by atoms with Crippen LogP contribution in [0.25, 0.3) is 0 Å². The molecule has 1 aliphatic heterocycles. The second-order valence-corrected chi connectivity index (χ2v) is 5.88. The zero-order valence-electron chi connectivity index (χ0n) is 12.8. The molecule has 1 aromatic carbocycles. The van der Waals surface area contributed by atoms with E-state index in [0.29, 0.717) is 12.3 Å². The largest absolute Gasteiger partial charge is 0.508 e. The third-order valence-corrected chi connectivity index (χ3v) is 4.05. The monoisotopic (exact) mass is 290 g/mol. The second-order valence-electron chi connectivity index (χ2n) is 5.88. The van der Waals surface area contributed by atoms with Crippen LogP contribution in [0.3, 0.4) is 0 Å². The molecule has 1 heterocycles. The lowest BCUT2D eigenvalue weighted by molar-refractivity contribution is -0.131. The minimum Gasteiger partial charge on any atom is -0.508 e. The SMILES string of the molecule is CCCN(CC1CCNCC1)C(=O)Cc1cccc(O)c1. The van der Waals surface area contributed by atoms with Gasteiger partial charge in [-0.1, -0.05) is 19.1 Å². The number of piperidine rings is 1. The standard InChI is InChI=1S/C17H26N2O2/c1-2-10-19(13-14-6-8-18-9-7-14)17(21)12-15-4-3-5-16(20)11-15/h3-5,11,14,18,20H,2,6-10,12-13H2,1H3. The zero-order valence-corrected chi connectivity index (χ0v) is 12.8. The number of phenolic OH excluding ortho intramolecular Hbond substituents is 1. The number of phenols is 1. The quantitative estimate of drug-likeness (QED) is 0.844. The Kier molecular flexibility index (Phi) is 6.05. The molecule has 0 saturated carbocycles. The van der Waals surface area contributed by atoms with E-state index in [0.717, 1.165) is 51.0 Å². The summed E-state index contributed by atoms with van der Waals surface area (Å²) < 4.78 is 0. The van der Waals surface area contributed by atoms with Crippen molar-refractivity contribution in [2.75, 3.05) is 26.2 Å². The highest BCUT2D eigenvalue weighted by Crippen LogP contribution is 2.16. The maximum atomic E-state index is 12.5. The van der Waals surface area contributed by atoms with Gasteiger partial charge in [-0.15, -0.1) is 0 Å². The molecule has 0 aromatic heterocycles. The lowest BCUT2D eigenvalue weighted by Gasteiger charge is -2.30. The van der Waals surface area contributed by atoms with Gasteiger partial charge in [-0.05, 0) is 56.0 Å². The summed E-state index contributed by atoms with van der Waals surface area (Å²) in [4.78, 5) is 14.5. The van der Waals surface area contributed by atoms with Gasteiger partial charge in [0.1, 0.15) is 5.75 Å². The van der Waals surface area contributed by atoms with Gasteiger partial charge in [0.25, 0.3) is 0 Å². The van der Waals surface area contributed by atoms with Crippen molar-refractivity contribution in [3.63, 3.8) is 0 Å². The minimum atomic E-state index is 0.168. The van der Waals surface area contributed by atoms with E-state index >= 15 is 0 Å². The van der Waals surface area contributed by atoms with Crippen LogP contribution in [0.15, 0.2) is 24.3 Å². The summed E-state index contributed by atoms with van der Waals surface area (Å²) in [5, 5.41) is 12.9. The van der Waals surface area contributed by atoms with E-state index in [2.05, 4.69) is 12.2 Å². The Bertz CT molecular complexity index is 456. The molecule has 21 heavy (non-hydrogen) atoms. The lowest BCUT2D eigenvalue weighted by atomic mass is 9.97.